The van der Waals surface area contributed by atoms with Crippen LogP contribution in [-0.2, 0) is 4.79 Å². The molecule has 0 atom stereocenters. The predicted octanol–water partition coefficient (Wildman–Crippen LogP) is 1.65. The maximum absolute atomic E-state index is 11.8. The molecule has 1 N–H and O–H groups in total. The number of hydrogen-bond acceptors (Lipinski definition) is 3. The van der Waals surface area contributed by atoms with Crippen molar-refractivity contribution in [3.05, 3.63) is 29.8 Å². The molecule has 0 radical (unpaired) electrons. The fourth-order valence-electron chi connectivity index (χ4n) is 1.27. The Morgan fingerprint density at radius 2 is 2.06 bits per heavy atom. The number of carbonyl (C=O) groups excluding carboxylic acids is 2. The lowest BCUT2D eigenvalue weighted by atomic mass is 10.1. The molecule has 1 amide bonds. The van der Waals surface area contributed by atoms with E-state index < -0.39 is 11.7 Å². The average Bonchev–Trinajstić information content (AvgIpc) is 2.35. The van der Waals surface area contributed by atoms with E-state index in [-0.39, 0.29) is 0 Å². The van der Waals surface area contributed by atoms with Gasteiger partial charge in [0.1, 0.15) is 5.75 Å². The molecule has 0 aliphatic heterocycles. The van der Waals surface area contributed by atoms with Gasteiger partial charge in [0.25, 0.3) is 5.91 Å². The molecule has 0 heterocycles. The van der Waals surface area contributed by atoms with E-state index in [9.17, 15) is 9.59 Å². The molecule has 0 aromatic heterocycles. The highest BCUT2D eigenvalue weighted by molar-refractivity contribution is 6.42. The summed E-state index contributed by atoms with van der Waals surface area (Å²) in [6.45, 7) is 4.43. The number of Topliss-reactive ketones (excluding diaryl/α,β-unsaturated/α-hetero) is 1. The van der Waals surface area contributed by atoms with E-state index in [2.05, 4.69) is 5.32 Å². The molecule has 1 aromatic rings. The summed E-state index contributed by atoms with van der Waals surface area (Å²) in [5.41, 5.74) is 0.339. The van der Waals surface area contributed by atoms with Gasteiger partial charge in [-0.15, -0.1) is 0 Å². The molecule has 1 aromatic carbocycles. The second-order valence-electron chi connectivity index (χ2n) is 4.16. The first-order valence-electron chi connectivity index (χ1n) is 5.51. The largest absolute Gasteiger partial charge is 0.497 e. The Morgan fingerprint density at radius 3 is 2.65 bits per heavy atom. The Balaban J connectivity index is 2.71. The average molecular weight is 235 g/mol. The molecule has 0 fully saturated rings. The van der Waals surface area contributed by atoms with Gasteiger partial charge in [0.15, 0.2) is 0 Å². The minimum atomic E-state index is -0.577. The van der Waals surface area contributed by atoms with Gasteiger partial charge < -0.3 is 10.1 Å². The molecule has 1 rings (SSSR count). The van der Waals surface area contributed by atoms with Crippen LogP contribution in [0.3, 0.4) is 0 Å². The first-order valence-corrected chi connectivity index (χ1v) is 5.51. The summed E-state index contributed by atoms with van der Waals surface area (Å²) in [7, 11) is 1.52. The summed E-state index contributed by atoms with van der Waals surface area (Å²) < 4.78 is 5.00. The van der Waals surface area contributed by atoms with E-state index in [1.54, 1.807) is 24.3 Å². The van der Waals surface area contributed by atoms with Gasteiger partial charge in [0, 0.05) is 12.1 Å². The Morgan fingerprint density at radius 1 is 1.35 bits per heavy atom. The molecule has 0 saturated heterocycles. The van der Waals surface area contributed by atoms with Gasteiger partial charge in [-0.25, -0.2) is 0 Å². The third kappa shape index (κ3) is 3.90. The summed E-state index contributed by atoms with van der Waals surface area (Å²) in [5.74, 6) is -0.235. The van der Waals surface area contributed by atoms with E-state index in [4.69, 9.17) is 4.74 Å². The van der Waals surface area contributed by atoms with E-state index in [1.807, 2.05) is 13.8 Å². The maximum Gasteiger partial charge on any atom is 0.292 e. The van der Waals surface area contributed by atoms with Gasteiger partial charge in [0.2, 0.25) is 5.78 Å². The molecule has 0 aliphatic carbocycles. The maximum atomic E-state index is 11.8. The van der Waals surface area contributed by atoms with Crippen LogP contribution < -0.4 is 10.1 Å². The van der Waals surface area contributed by atoms with Crippen molar-refractivity contribution in [2.24, 2.45) is 5.92 Å². The van der Waals surface area contributed by atoms with Gasteiger partial charge in [0.05, 0.1) is 7.11 Å². The van der Waals surface area contributed by atoms with Crippen LogP contribution in [0.1, 0.15) is 24.2 Å². The van der Waals surface area contributed by atoms with Crippen LogP contribution >= 0.6 is 0 Å². The summed E-state index contributed by atoms with van der Waals surface area (Å²) >= 11 is 0. The zero-order valence-electron chi connectivity index (χ0n) is 10.3. The molecule has 0 bridgehead atoms. The molecule has 4 heteroatoms. The Labute approximate surface area is 101 Å². The molecule has 0 aliphatic rings. The number of ketones is 1. The number of amides is 1. The number of carbonyl (C=O) groups is 2. The molecular formula is C13H17NO3. The van der Waals surface area contributed by atoms with E-state index in [1.165, 1.54) is 7.11 Å². The number of benzene rings is 1. The Kier molecular flexibility index (Phi) is 4.69. The summed E-state index contributed by atoms with van der Waals surface area (Å²) in [4.78, 5) is 23.3. The Hall–Kier alpha value is -1.84. The van der Waals surface area contributed by atoms with Gasteiger partial charge in [-0.3, -0.25) is 9.59 Å². The first-order chi connectivity index (χ1) is 8.04. The number of hydrogen-bond donors (Lipinski definition) is 1. The quantitative estimate of drug-likeness (QED) is 0.623. The molecule has 0 spiro atoms. The highest BCUT2D eigenvalue weighted by atomic mass is 16.5. The van der Waals surface area contributed by atoms with Crippen LogP contribution in [-0.4, -0.2) is 25.3 Å². The Bertz CT molecular complexity index is 413. The summed E-state index contributed by atoms with van der Waals surface area (Å²) in [5, 5.41) is 2.59. The fraction of sp³-hybridized carbons (Fsp3) is 0.385. The number of nitrogens with one attached hydrogen (secondary N) is 1. The minimum Gasteiger partial charge on any atom is -0.497 e. The summed E-state index contributed by atoms with van der Waals surface area (Å²) in [6.07, 6.45) is 0. The molecule has 0 saturated carbocycles. The van der Waals surface area contributed by atoms with Crippen molar-refractivity contribution < 1.29 is 14.3 Å². The molecule has 4 nitrogen and oxygen atoms in total. The van der Waals surface area contributed by atoms with Crippen LogP contribution in [0.25, 0.3) is 0 Å². The number of rotatable bonds is 5. The highest BCUT2D eigenvalue weighted by Crippen LogP contribution is 2.12. The highest BCUT2D eigenvalue weighted by Gasteiger charge is 2.16. The molecule has 92 valence electrons. The lowest BCUT2D eigenvalue weighted by molar-refractivity contribution is -0.117. The number of methoxy groups -OCH3 is 1. The van der Waals surface area contributed by atoms with Crippen molar-refractivity contribution in [3.63, 3.8) is 0 Å². The topological polar surface area (TPSA) is 55.4 Å². The van der Waals surface area contributed by atoms with Crippen molar-refractivity contribution in [2.75, 3.05) is 13.7 Å². The van der Waals surface area contributed by atoms with Crippen LogP contribution in [0, 0.1) is 5.92 Å². The lowest BCUT2D eigenvalue weighted by Crippen LogP contribution is -2.33. The van der Waals surface area contributed by atoms with E-state index in [0.717, 1.165) is 0 Å². The first kappa shape index (κ1) is 13.2. The summed E-state index contributed by atoms with van der Waals surface area (Å²) in [6, 6.07) is 6.56. The molecule has 0 unspecified atom stereocenters. The van der Waals surface area contributed by atoms with Gasteiger partial charge in [-0.05, 0) is 18.1 Å². The zero-order chi connectivity index (χ0) is 12.8. The van der Waals surface area contributed by atoms with Crippen LogP contribution in [0.15, 0.2) is 24.3 Å². The normalized spacial score (nSPS) is 10.1. The fourth-order valence-corrected chi connectivity index (χ4v) is 1.27. The van der Waals surface area contributed by atoms with E-state index >= 15 is 0 Å². The van der Waals surface area contributed by atoms with Crippen LogP contribution in [0.5, 0.6) is 5.75 Å². The SMILES string of the molecule is COc1cccc(C(=O)C(=O)NCC(C)C)c1. The third-order valence-electron chi connectivity index (χ3n) is 2.21. The second-order valence-corrected chi connectivity index (χ2v) is 4.16. The predicted molar refractivity (Wildman–Crippen MR) is 65.2 cm³/mol. The van der Waals surface area contributed by atoms with Gasteiger partial charge in [-0.2, -0.15) is 0 Å². The molecule has 17 heavy (non-hydrogen) atoms. The van der Waals surface area contributed by atoms with Crippen LogP contribution in [0.2, 0.25) is 0 Å². The second kappa shape index (κ2) is 6.03. The zero-order valence-corrected chi connectivity index (χ0v) is 10.3. The number of ether oxygens (including phenoxy) is 1. The van der Waals surface area contributed by atoms with Crippen molar-refractivity contribution in [2.45, 2.75) is 13.8 Å². The lowest BCUT2D eigenvalue weighted by Gasteiger charge is -2.07. The van der Waals surface area contributed by atoms with Crippen molar-refractivity contribution in [1.82, 2.24) is 5.32 Å². The monoisotopic (exact) mass is 235 g/mol. The standard InChI is InChI=1S/C13H17NO3/c1-9(2)8-14-13(16)12(15)10-5-4-6-11(7-10)17-3/h4-7,9H,8H2,1-3H3,(H,14,16). The third-order valence-corrected chi connectivity index (χ3v) is 2.21. The van der Waals surface area contributed by atoms with Crippen molar-refractivity contribution in [3.8, 4) is 5.75 Å². The van der Waals surface area contributed by atoms with Crippen molar-refractivity contribution >= 4 is 11.7 Å². The van der Waals surface area contributed by atoms with E-state index in [0.29, 0.717) is 23.8 Å². The van der Waals surface area contributed by atoms with Crippen LogP contribution in [0.4, 0.5) is 0 Å². The van der Waals surface area contributed by atoms with Gasteiger partial charge in [-0.1, -0.05) is 26.0 Å². The van der Waals surface area contributed by atoms with Crippen molar-refractivity contribution in [1.29, 1.82) is 0 Å². The van der Waals surface area contributed by atoms with Gasteiger partial charge >= 0.3 is 0 Å². The minimum absolute atomic E-state index is 0.317. The molecular weight excluding hydrogens is 218 g/mol. The smallest absolute Gasteiger partial charge is 0.292 e.